The van der Waals surface area contributed by atoms with Crippen LogP contribution in [-0.4, -0.2) is 16.1 Å². The zero-order valence-electron chi connectivity index (χ0n) is 9.39. The second-order valence-corrected chi connectivity index (χ2v) is 5.36. The maximum Gasteiger partial charge on any atom is 0.303 e. The van der Waals surface area contributed by atoms with E-state index in [1.165, 1.54) is 11.3 Å². The van der Waals surface area contributed by atoms with Crippen LogP contribution in [0.25, 0.3) is 0 Å². The first-order chi connectivity index (χ1) is 8.65. The Hall–Kier alpha value is -1.40. The van der Waals surface area contributed by atoms with Crippen LogP contribution in [0.2, 0.25) is 0 Å². The van der Waals surface area contributed by atoms with Crippen molar-refractivity contribution in [1.82, 2.24) is 4.98 Å². The fraction of sp³-hybridized carbons (Fsp3) is 0.167. The number of rotatable bonds is 5. The van der Waals surface area contributed by atoms with Gasteiger partial charge in [-0.1, -0.05) is 12.1 Å². The van der Waals surface area contributed by atoms with E-state index in [1.54, 1.807) is 0 Å². The molecule has 2 aromatic rings. The van der Waals surface area contributed by atoms with Crippen LogP contribution >= 0.6 is 27.3 Å². The van der Waals surface area contributed by atoms with Gasteiger partial charge in [0.2, 0.25) is 0 Å². The third-order valence-electron chi connectivity index (χ3n) is 2.26. The van der Waals surface area contributed by atoms with Gasteiger partial charge in [0, 0.05) is 16.3 Å². The summed E-state index contributed by atoms with van der Waals surface area (Å²) >= 11 is 4.92. The average Bonchev–Trinajstić information content (AvgIpc) is 2.77. The highest BCUT2D eigenvalue weighted by Gasteiger charge is 2.06. The van der Waals surface area contributed by atoms with E-state index in [2.05, 4.69) is 26.2 Å². The number of anilines is 2. The van der Waals surface area contributed by atoms with Gasteiger partial charge in [0.15, 0.2) is 5.13 Å². The van der Waals surface area contributed by atoms with Crippen molar-refractivity contribution in [3.63, 3.8) is 0 Å². The number of para-hydroxylation sites is 1. The Bertz CT molecular complexity index is 557. The van der Waals surface area contributed by atoms with Gasteiger partial charge in [0.25, 0.3) is 0 Å². The van der Waals surface area contributed by atoms with Gasteiger partial charge in [-0.3, -0.25) is 4.79 Å². The fourth-order valence-corrected chi connectivity index (χ4v) is 2.53. The Morgan fingerprint density at radius 2 is 2.22 bits per heavy atom. The molecule has 0 aliphatic heterocycles. The molecule has 0 amide bonds. The van der Waals surface area contributed by atoms with Crippen molar-refractivity contribution in [3.8, 4) is 0 Å². The number of hydrogen-bond donors (Lipinski definition) is 2. The molecule has 18 heavy (non-hydrogen) atoms. The molecule has 2 rings (SSSR count). The monoisotopic (exact) mass is 326 g/mol. The van der Waals surface area contributed by atoms with Gasteiger partial charge in [0.1, 0.15) is 0 Å². The van der Waals surface area contributed by atoms with Crippen LogP contribution in [0.3, 0.4) is 0 Å². The van der Waals surface area contributed by atoms with Crippen LogP contribution in [0.15, 0.2) is 34.1 Å². The Morgan fingerprint density at radius 3 is 2.94 bits per heavy atom. The minimum absolute atomic E-state index is 0.109. The summed E-state index contributed by atoms with van der Waals surface area (Å²) in [6.07, 6.45) is 0.571. The quantitative estimate of drug-likeness (QED) is 0.880. The van der Waals surface area contributed by atoms with Gasteiger partial charge in [-0.25, -0.2) is 4.98 Å². The first-order valence-corrected chi connectivity index (χ1v) is 7.00. The molecular weight excluding hydrogens is 316 g/mol. The van der Waals surface area contributed by atoms with Crippen molar-refractivity contribution < 1.29 is 9.90 Å². The van der Waals surface area contributed by atoms with E-state index in [0.717, 1.165) is 21.0 Å². The van der Waals surface area contributed by atoms with Crippen LogP contribution < -0.4 is 5.32 Å². The molecule has 0 saturated heterocycles. The summed E-state index contributed by atoms with van der Waals surface area (Å²) < 4.78 is 0.965. The van der Waals surface area contributed by atoms with Crippen LogP contribution in [0.5, 0.6) is 0 Å². The first-order valence-electron chi connectivity index (χ1n) is 5.33. The lowest BCUT2D eigenvalue weighted by Gasteiger charge is -2.04. The van der Waals surface area contributed by atoms with Crippen molar-refractivity contribution in [2.24, 2.45) is 0 Å². The molecule has 2 N–H and O–H groups in total. The summed E-state index contributed by atoms with van der Waals surface area (Å²) in [5.74, 6) is -0.802. The normalized spacial score (nSPS) is 10.3. The number of aliphatic carboxylic acids is 1. The molecule has 0 saturated carbocycles. The van der Waals surface area contributed by atoms with Crippen LogP contribution in [0.1, 0.15) is 12.1 Å². The van der Waals surface area contributed by atoms with E-state index in [-0.39, 0.29) is 6.42 Å². The summed E-state index contributed by atoms with van der Waals surface area (Å²) in [7, 11) is 0. The average molecular weight is 327 g/mol. The van der Waals surface area contributed by atoms with E-state index in [9.17, 15) is 4.79 Å². The van der Waals surface area contributed by atoms with E-state index >= 15 is 0 Å². The second kappa shape index (κ2) is 5.97. The topological polar surface area (TPSA) is 62.2 Å². The molecule has 6 heteroatoms. The Morgan fingerprint density at radius 1 is 1.44 bits per heavy atom. The molecule has 4 nitrogen and oxygen atoms in total. The maximum absolute atomic E-state index is 10.5. The number of nitrogens with one attached hydrogen (secondary N) is 1. The third kappa shape index (κ3) is 3.54. The third-order valence-corrected chi connectivity index (χ3v) is 3.76. The molecule has 1 heterocycles. The number of thiazole rings is 1. The molecule has 0 fully saturated rings. The van der Waals surface area contributed by atoms with E-state index < -0.39 is 5.97 Å². The number of carboxylic acid groups (broad SMARTS) is 1. The highest BCUT2D eigenvalue weighted by atomic mass is 79.9. The molecule has 94 valence electrons. The van der Waals surface area contributed by atoms with Crippen LogP contribution in [-0.2, 0) is 11.2 Å². The molecule has 0 radical (unpaired) electrons. The van der Waals surface area contributed by atoms with Gasteiger partial charge in [-0.05, 0) is 28.1 Å². The number of aryl methyl sites for hydroxylation is 1. The number of carbonyl (C=O) groups is 1. The molecule has 0 bridgehead atoms. The molecule has 0 aliphatic rings. The highest BCUT2D eigenvalue weighted by Crippen LogP contribution is 2.27. The molecule has 0 spiro atoms. The lowest BCUT2D eigenvalue weighted by Crippen LogP contribution is -1.98. The van der Waals surface area contributed by atoms with Gasteiger partial charge in [-0.15, -0.1) is 11.3 Å². The molecule has 1 aromatic heterocycles. The lowest BCUT2D eigenvalue weighted by molar-refractivity contribution is -0.136. The number of benzene rings is 1. The van der Waals surface area contributed by atoms with Crippen LogP contribution in [0, 0.1) is 0 Å². The Labute approximate surface area is 117 Å². The number of carboxylic acids is 1. The van der Waals surface area contributed by atoms with Gasteiger partial charge in [-0.2, -0.15) is 0 Å². The van der Waals surface area contributed by atoms with Crippen molar-refractivity contribution >= 4 is 44.1 Å². The smallest absolute Gasteiger partial charge is 0.303 e. The van der Waals surface area contributed by atoms with E-state index in [0.29, 0.717) is 6.42 Å². The van der Waals surface area contributed by atoms with Crippen molar-refractivity contribution in [1.29, 1.82) is 0 Å². The maximum atomic E-state index is 10.5. The van der Waals surface area contributed by atoms with Crippen molar-refractivity contribution in [2.75, 3.05) is 5.32 Å². The van der Waals surface area contributed by atoms with Crippen molar-refractivity contribution in [2.45, 2.75) is 12.8 Å². The van der Waals surface area contributed by atoms with E-state index in [4.69, 9.17) is 5.11 Å². The SMILES string of the molecule is O=C(O)CCc1csc(Nc2ccccc2Br)n1. The molecule has 1 aromatic carbocycles. The van der Waals surface area contributed by atoms with Gasteiger partial charge >= 0.3 is 5.97 Å². The highest BCUT2D eigenvalue weighted by molar-refractivity contribution is 9.10. The predicted molar refractivity (Wildman–Crippen MR) is 75.5 cm³/mol. The largest absolute Gasteiger partial charge is 0.481 e. The molecule has 0 aliphatic carbocycles. The summed E-state index contributed by atoms with van der Waals surface area (Å²) in [6.45, 7) is 0. The van der Waals surface area contributed by atoms with Crippen molar-refractivity contribution in [3.05, 3.63) is 39.8 Å². The summed E-state index contributed by atoms with van der Waals surface area (Å²) in [4.78, 5) is 14.8. The first kappa shape index (κ1) is 13.0. The standard InChI is InChI=1S/C12H11BrN2O2S/c13-9-3-1-2-4-10(9)15-12-14-8(7-18-12)5-6-11(16)17/h1-4,7H,5-6H2,(H,14,15)(H,16,17). The fourth-order valence-electron chi connectivity index (χ4n) is 1.39. The zero-order valence-corrected chi connectivity index (χ0v) is 11.8. The summed E-state index contributed by atoms with van der Waals surface area (Å²) in [5, 5.41) is 14.4. The number of halogens is 1. The number of nitrogens with zero attached hydrogens (tertiary/aromatic N) is 1. The Kier molecular flexibility index (Phi) is 4.33. The molecule has 0 unspecified atom stereocenters. The number of hydrogen-bond acceptors (Lipinski definition) is 4. The predicted octanol–water partition coefficient (Wildman–Crippen LogP) is 3.67. The van der Waals surface area contributed by atoms with E-state index in [1.807, 2.05) is 29.6 Å². The minimum atomic E-state index is -0.802. The van der Waals surface area contributed by atoms with Gasteiger partial charge in [0.05, 0.1) is 17.8 Å². The summed E-state index contributed by atoms with van der Waals surface area (Å²) in [5.41, 5.74) is 1.74. The van der Waals surface area contributed by atoms with Crippen LogP contribution in [0.4, 0.5) is 10.8 Å². The molecular formula is C12H11BrN2O2S. The Balaban J connectivity index is 2.02. The minimum Gasteiger partial charge on any atom is -0.481 e. The number of aromatic nitrogens is 1. The zero-order chi connectivity index (χ0) is 13.0. The lowest BCUT2D eigenvalue weighted by atomic mass is 10.2. The molecule has 0 atom stereocenters. The van der Waals surface area contributed by atoms with Gasteiger partial charge < -0.3 is 10.4 Å². The second-order valence-electron chi connectivity index (χ2n) is 3.64. The summed E-state index contributed by atoms with van der Waals surface area (Å²) in [6, 6.07) is 7.77.